The number of hydrogen-bond acceptors (Lipinski definition) is 2. The van der Waals surface area contributed by atoms with Gasteiger partial charge in [-0.1, -0.05) is 32.6 Å². The predicted octanol–water partition coefficient (Wildman–Crippen LogP) is 2.19. The number of carbonyl (C=O) groups is 1. The van der Waals surface area contributed by atoms with Gasteiger partial charge in [-0.05, 0) is 6.42 Å². The fourth-order valence-corrected chi connectivity index (χ4v) is 1.27. The van der Waals surface area contributed by atoms with Crippen LogP contribution in [0.5, 0.6) is 0 Å². The van der Waals surface area contributed by atoms with Crippen LogP contribution >= 0.6 is 12.6 Å². The standard InChI is InChI=1S/C10H22N2OS/c1-2-3-4-5-6-7-11-10(13)12-8-9-14/h14H,2-9H2,1H3,(H2,11,12,13). The number of thiol groups is 1. The van der Waals surface area contributed by atoms with Crippen LogP contribution in [0.2, 0.25) is 0 Å². The van der Waals surface area contributed by atoms with E-state index in [0.717, 1.165) is 13.0 Å². The summed E-state index contributed by atoms with van der Waals surface area (Å²) in [5, 5.41) is 5.52. The van der Waals surface area contributed by atoms with Crippen molar-refractivity contribution in [3.63, 3.8) is 0 Å². The van der Waals surface area contributed by atoms with Crippen LogP contribution in [0.25, 0.3) is 0 Å². The second-order valence-electron chi connectivity index (χ2n) is 3.32. The van der Waals surface area contributed by atoms with Gasteiger partial charge in [-0.15, -0.1) is 0 Å². The second kappa shape index (κ2) is 10.7. The third kappa shape index (κ3) is 9.71. The molecule has 0 rings (SSSR count). The van der Waals surface area contributed by atoms with Crippen LogP contribution in [0.1, 0.15) is 39.0 Å². The molecule has 14 heavy (non-hydrogen) atoms. The first-order valence-electron chi connectivity index (χ1n) is 5.43. The van der Waals surface area contributed by atoms with Crippen molar-refractivity contribution in [2.24, 2.45) is 0 Å². The molecule has 0 aliphatic rings. The Kier molecular flexibility index (Phi) is 10.4. The quantitative estimate of drug-likeness (QED) is 0.424. The summed E-state index contributed by atoms with van der Waals surface area (Å²) in [5.74, 6) is 0.684. The summed E-state index contributed by atoms with van der Waals surface area (Å²) in [7, 11) is 0. The lowest BCUT2D eigenvalue weighted by Crippen LogP contribution is -2.36. The first-order chi connectivity index (χ1) is 6.81. The minimum absolute atomic E-state index is 0.0745. The van der Waals surface area contributed by atoms with Crippen LogP contribution < -0.4 is 10.6 Å². The van der Waals surface area contributed by atoms with Gasteiger partial charge in [0.2, 0.25) is 0 Å². The Morgan fingerprint density at radius 3 is 2.36 bits per heavy atom. The highest BCUT2D eigenvalue weighted by atomic mass is 32.1. The molecule has 0 heterocycles. The molecule has 0 aliphatic carbocycles. The monoisotopic (exact) mass is 218 g/mol. The van der Waals surface area contributed by atoms with Crippen molar-refractivity contribution in [3.05, 3.63) is 0 Å². The van der Waals surface area contributed by atoms with E-state index in [1.807, 2.05) is 0 Å². The van der Waals surface area contributed by atoms with Gasteiger partial charge in [0.25, 0.3) is 0 Å². The largest absolute Gasteiger partial charge is 0.338 e. The summed E-state index contributed by atoms with van der Waals surface area (Å²) in [4.78, 5) is 11.0. The normalized spacial score (nSPS) is 9.86. The van der Waals surface area contributed by atoms with E-state index in [-0.39, 0.29) is 6.03 Å². The maximum Gasteiger partial charge on any atom is 0.314 e. The Labute approximate surface area is 92.4 Å². The molecule has 3 nitrogen and oxygen atoms in total. The molecule has 0 atom stereocenters. The Bertz CT molecular complexity index is 142. The molecular weight excluding hydrogens is 196 g/mol. The van der Waals surface area contributed by atoms with E-state index >= 15 is 0 Å². The van der Waals surface area contributed by atoms with Gasteiger partial charge in [0.1, 0.15) is 0 Å². The van der Waals surface area contributed by atoms with Gasteiger partial charge in [0.15, 0.2) is 0 Å². The van der Waals surface area contributed by atoms with Crippen molar-refractivity contribution < 1.29 is 4.79 Å². The second-order valence-corrected chi connectivity index (χ2v) is 3.77. The van der Waals surface area contributed by atoms with E-state index in [4.69, 9.17) is 0 Å². The average molecular weight is 218 g/mol. The number of rotatable bonds is 8. The molecule has 0 radical (unpaired) electrons. The number of hydrogen-bond donors (Lipinski definition) is 3. The van der Waals surface area contributed by atoms with Crippen LogP contribution in [0.3, 0.4) is 0 Å². The van der Waals surface area contributed by atoms with Crippen molar-refractivity contribution in [2.45, 2.75) is 39.0 Å². The topological polar surface area (TPSA) is 41.1 Å². The van der Waals surface area contributed by atoms with Gasteiger partial charge in [-0.25, -0.2) is 4.79 Å². The van der Waals surface area contributed by atoms with Crippen molar-refractivity contribution in [3.8, 4) is 0 Å². The molecular formula is C10H22N2OS. The maximum atomic E-state index is 11.0. The molecule has 0 aromatic rings. The Morgan fingerprint density at radius 2 is 1.71 bits per heavy atom. The number of nitrogens with one attached hydrogen (secondary N) is 2. The Morgan fingerprint density at radius 1 is 1.07 bits per heavy atom. The molecule has 0 unspecified atom stereocenters. The third-order valence-electron chi connectivity index (χ3n) is 1.96. The average Bonchev–Trinajstić information content (AvgIpc) is 2.20. The van der Waals surface area contributed by atoms with Crippen molar-refractivity contribution in [1.82, 2.24) is 10.6 Å². The molecule has 0 aliphatic heterocycles. The zero-order chi connectivity index (χ0) is 10.6. The molecule has 0 aromatic heterocycles. The van der Waals surface area contributed by atoms with Gasteiger partial charge in [0.05, 0.1) is 0 Å². The number of urea groups is 1. The van der Waals surface area contributed by atoms with E-state index in [1.165, 1.54) is 25.7 Å². The van der Waals surface area contributed by atoms with Gasteiger partial charge in [-0.3, -0.25) is 0 Å². The smallest absolute Gasteiger partial charge is 0.314 e. The molecule has 2 amide bonds. The first-order valence-corrected chi connectivity index (χ1v) is 6.07. The fourth-order valence-electron chi connectivity index (χ4n) is 1.16. The van der Waals surface area contributed by atoms with Gasteiger partial charge in [0, 0.05) is 18.8 Å². The van der Waals surface area contributed by atoms with Crippen molar-refractivity contribution in [1.29, 1.82) is 0 Å². The highest BCUT2D eigenvalue weighted by Gasteiger charge is 1.96. The first kappa shape index (κ1) is 13.6. The Balaban J connectivity index is 3.07. The fraction of sp³-hybridized carbons (Fsp3) is 0.900. The molecule has 0 bridgehead atoms. The molecule has 0 aromatic carbocycles. The maximum absolute atomic E-state index is 11.0. The van der Waals surface area contributed by atoms with Gasteiger partial charge in [-0.2, -0.15) is 12.6 Å². The summed E-state index contributed by atoms with van der Waals surface area (Å²) in [5.41, 5.74) is 0. The van der Waals surface area contributed by atoms with Crippen LogP contribution in [0, 0.1) is 0 Å². The third-order valence-corrected chi connectivity index (χ3v) is 2.19. The summed E-state index contributed by atoms with van der Waals surface area (Å²) < 4.78 is 0. The van der Waals surface area contributed by atoms with Crippen molar-refractivity contribution in [2.75, 3.05) is 18.8 Å². The summed E-state index contributed by atoms with van der Waals surface area (Å²) in [6, 6.07) is -0.0745. The minimum Gasteiger partial charge on any atom is -0.338 e. The summed E-state index contributed by atoms with van der Waals surface area (Å²) >= 11 is 4.00. The highest BCUT2D eigenvalue weighted by molar-refractivity contribution is 7.80. The van der Waals surface area contributed by atoms with Gasteiger partial charge >= 0.3 is 6.03 Å². The van der Waals surface area contributed by atoms with Gasteiger partial charge < -0.3 is 10.6 Å². The van der Waals surface area contributed by atoms with Crippen LogP contribution in [-0.4, -0.2) is 24.9 Å². The molecule has 0 saturated carbocycles. The summed E-state index contributed by atoms with van der Waals surface area (Å²) in [6.07, 6.45) is 6.12. The molecule has 4 heteroatoms. The van der Waals surface area contributed by atoms with E-state index in [0.29, 0.717) is 12.3 Å². The van der Waals surface area contributed by atoms with Crippen LogP contribution in [-0.2, 0) is 0 Å². The van der Waals surface area contributed by atoms with E-state index < -0.39 is 0 Å². The molecule has 84 valence electrons. The minimum atomic E-state index is -0.0745. The lowest BCUT2D eigenvalue weighted by Gasteiger charge is -2.05. The zero-order valence-corrected chi connectivity index (χ0v) is 9.91. The lowest BCUT2D eigenvalue weighted by molar-refractivity contribution is 0.241. The molecule has 0 spiro atoms. The molecule has 0 saturated heterocycles. The summed E-state index contributed by atoms with van der Waals surface area (Å²) in [6.45, 7) is 3.61. The van der Waals surface area contributed by atoms with Crippen LogP contribution in [0.4, 0.5) is 4.79 Å². The van der Waals surface area contributed by atoms with E-state index in [1.54, 1.807) is 0 Å². The zero-order valence-electron chi connectivity index (χ0n) is 9.01. The predicted molar refractivity (Wildman–Crippen MR) is 64.0 cm³/mol. The lowest BCUT2D eigenvalue weighted by atomic mass is 10.1. The number of unbranched alkanes of at least 4 members (excludes halogenated alkanes) is 4. The van der Waals surface area contributed by atoms with Crippen LogP contribution in [0.15, 0.2) is 0 Å². The Hall–Kier alpha value is -0.380. The number of carbonyl (C=O) groups excluding carboxylic acids is 1. The highest BCUT2D eigenvalue weighted by Crippen LogP contribution is 2.00. The van der Waals surface area contributed by atoms with E-state index in [9.17, 15) is 4.79 Å². The van der Waals surface area contributed by atoms with E-state index in [2.05, 4.69) is 30.2 Å². The molecule has 2 N–H and O–H groups in total. The SMILES string of the molecule is CCCCCCCNC(=O)NCCS. The number of amides is 2. The van der Waals surface area contributed by atoms with Crippen molar-refractivity contribution >= 4 is 18.7 Å². The molecule has 0 fully saturated rings.